The summed E-state index contributed by atoms with van der Waals surface area (Å²) in [6.07, 6.45) is 7.85. The number of rotatable bonds is 7. The number of pyridine rings is 1. The lowest BCUT2D eigenvalue weighted by molar-refractivity contribution is -0.138. The number of hydrogen-bond acceptors (Lipinski definition) is 3. The van der Waals surface area contributed by atoms with Crippen LogP contribution in [0.2, 0.25) is 0 Å². The quantitative estimate of drug-likeness (QED) is 0.569. The fourth-order valence-electron chi connectivity index (χ4n) is 4.01. The van der Waals surface area contributed by atoms with Crippen LogP contribution in [0, 0.1) is 11.3 Å². The molecule has 0 radical (unpaired) electrons. The number of nitrogens with one attached hydrogen (secondary N) is 2. The number of aromatic nitrogens is 1. The highest BCUT2D eigenvalue weighted by atomic mass is 16.2. The fraction of sp³-hybridized carbons (Fsp3) is 0.667. The van der Waals surface area contributed by atoms with E-state index in [-0.39, 0.29) is 11.3 Å². The zero-order valence-electron chi connectivity index (χ0n) is 17.5. The standard InChI is InChI=1S/C21H35N5O/c1-16(2)18(17-9-8-12-23-13-17)14-24-20(22-3)25-15-21(10-6-7-11-21)19(27)26(4)5/h8-9,12-13,16,18H,6-7,10-11,14-15H2,1-5H3,(H2,22,24,25). The van der Waals surface area contributed by atoms with Gasteiger partial charge in [0.2, 0.25) is 5.91 Å². The van der Waals surface area contributed by atoms with Crippen LogP contribution in [-0.2, 0) is 4.79 Å². The largest absolute Gasteiger partial charge is 0.356 e. The monoisotopic (exact) mass is 373 g/mol. The van der Waals surface area contributed by atoms with E-state index in [4.69, 9.17) is 0 Å². The molecule has 0 saturated heterocycles. The minimum absolute atomic E-state index is 0.221. The first kappa shape index (κ1) is 21.2. The molecule has 1 aromatic heterocycles. The molecule has 1 aliphatic carbocycles. The minimum atomic E-state index is -0.304. The first-order valence-electron chi connectivity index (χ1n) is 9.96. The van der Waals surface area contributed by atoms with Gasteiger partial charge in [-0.15, -0.1) is 0 Å². The molecule has 1 aromatic rings. The molecule has 2 N–H and O–H groups in total. The predicted molar refractivity (Wildman–Crippen MR) is 111 cm³/mol. The Morgan fingerprint density at radius 1 is 1.30 bits per heavy atom. The van der Waals surface area contributed by atoms with Crippen LogP contribution < -0.4 is 10.6 Å². The molecule has 1 saturated carbocycles. The van der Waals surface area contributed by atoms with Crippen molar-refractivity contribution in [2.24, 2.45) is 16.3 Å². The summed E-state index contributed by atoms with van der Waals surface area (Å²) in [6.45, 7) is 5.85. The van der Waals surface area contributed by atoms with Crippen LogP contribution in [0.25, 0.3) is 0 Å². The van der Waals surface area contributed by atoms with Crippen molar-refractivity contribution in [3.8, 4) is 0 Å². The van der Waals surface area contributed by atoms with Gasteiger partial charge in [-0.1, -0.05) is 32.8 Å². The number of carbonyl (C=O) groups excluding carboxylic acids is 1. The number of carbonyl (C=O) groups is 1. The summed E-state index contributed by atoms with van der Waals surface area (Å²) < 4.78 is 0. The smallest absolute Gasteiger partial charge is 0.230 e. The van der Waals surface area contributed by atoms with E-state index < -0.39 is 0 Å². The summed E-state index contributed by atoms with van der Waals surface area (Å²) in [5, 5.41) is 6.85. The van der Waals surface area contributed by atoms with Gasteiger partial charge in [0, 0.05) is 52.5 Å². The third-order valence-corrected chi connectivity index (χ3v) is 5.65. The van der Waals surface area contributed by atoms with Gasteiger partial charge in [0.1, 0.15) is 0 Å². The Bertz CT molecular complexity index is 621. The van der Waals surface area contributed by atoms with E-state index in [2.05, 4.69) is 40.5 Å². The second kappa shape index (κ2) is 9.72. The summed E-state index contributed by atoms with van der Waals surface area (Å²) in [4.78, 5) is 23.1. The van der Waals surface area contributed by atoms with E-state index in [1.165, 1.54) is 5.56 Å². The van der Waals surface area contributed by atoms with Crippen molar-refractivity contribution in [2.45, 2.75) is 45.4 Å². The van der Waals surface area contributed by atoms with E-state index in [0.29, 0.717) is 18.4 Å². The molecule has 0 bridgehead atoms. The molecule has 1 atom stereocenters. The predicted octanol–water partition coefficient (Wildman–Crippen LogP) is 2.63. The van der Waals surface area contributed by atoms with Crippen LogP contribution in [-0.4, -0.2) is 56.0 Å². The van der Waals surface area contributed by atoms with Crippen LogP contribution in [0.4, 0.5) is 0 Å². The third-order valence-electron chi connectivity index (χ3n) is 5.65. The number of guanidine groups is 1. The maximum Gasteiger partial charge on any atom is 0.230 e. The first-order valence-corrected chi connectivity index (χ1v) is 9.96. The van der Waals surface area contributed by atoms with Crippen LogP contribution in [0.5, 0.6) is 0 Å². The van der Waals surface area contributed by atoms with Gasteiger partial charge in [0.25, 0.3) is 0 Å². The molecule has 27 heavy (non-hydrogen) atoms. The van der Waals surface area contributed by atoms with Crippen molar-refractivity contribution in [1.29, 1.82) is 0 Å². The summed E-state index contributed by atoms with van der Waals surface area (Å²) in [5.74, 6) is 1.80. The highest BCUT2D eigenvalue weighted by molar-refractivity contribution is 5.85. The first-order chi connectivity index (χ1) is 12.9. The number of hydrogen-bond donors (Lipinski definition) is 2. The van der Waals surface area contributed by atoms with Gasteiger partial charge in [0.15, 0.2) is 5.96 Å². The second-order valence-electron chi connectivity index (χ2n) is 8.13. The maximum atomic E-state index is 12.7. The Labute approximate surface area is 163 Å². The molecule has 1 amide bonds. The normalized spacial score (nSPS) is 17.6. The molecule has 1 heterocycles. The molecule has 150 valence electrons. The summed E-state index contributed by atoms with van der Waals surface area (Å²) in [5.41, 5.74) is 0.924. The van der Waals surface area contributed by atoms with E-state index in [0.717, 1.165) is 38.2 Å². The van der Waals surface area contributed by atoms with Crippen molar-refractivity contribution in [2.75, 3.05) is 34.2 Å². The molecule has 6 heteroatoms. The van der Waals surface area contributed by atoms with Gasteiger partial charge in [-0.05, 0) is 30.4 Å². The number of nitrogens with zero attached hydrogens (tertiary/aromatic N) is 3. The zero-order chi connectivity index (χ0) is 19.9. The third kappa shape index (κ3) is 5.44. The van der Waals surface area contributed by atoms with Crippen molar-refractivity contribution < 1.29 is 4.79 Å². The molecule has 1 unspecified atom stereocenters. The van der Waals surface area contributed by atoms with Gasteiger partial charge >= 0.3 is 0 Å². The van der Waals surface area contributed by atoms with E-state index >= 15 is 0 Å². The fourth-order valence-corrected chi connectivity index (χ4v) is 4.01. The average molecular weight is 374 g/mol. The molecule has 0 spiro atoms. The Morgan fingerprint density at radius 3 is 2.52 bits per heavy atom. The SMILES string of the molecule is CN=C(NCC(c1cccnc1)C(C)C)NCC1(C(=O)N(C)C)CCCC1. The van der Waals surface area contributed by atoms with Crippen molar-refractivity contribution in [1.82, 2.24) is 20.5 Å². The van der Waals surface area contributed by atoms with Crippen molar-refractivity contribution >= 4 is 11.9 Å². The molecule has 6 nitrogen and oxygen atoms in total. The molecular formula is C21H35N5O. The second-order valence-corrected chi connectivity index (χ2v) is 8.13. The Hall–Kier alpha value is -2.11. The van der Waals surface area contributed by atoms with Crippen LogP contribution >= 0.6 is 0 Å². The summed E-state index contributed by atoms with van der Waals surface area (Å²) in [7, 11) is 5.46. The Kier molecular flexibility index (Phi) is 7.63. The van der Waals surface area contributed by atoms with E-state index in [9.17, 15) is 4.79 Å². The van der Waals surface area contributed by atoms with Gasteiger partial charge in [-0.2, -0.15) is 0 Å². The molecule has 2 rings (SSSR count). The topological polar surface area (TPSA) is 69.6 Å². The van der Waals surface area contributed by atoms with Gasteiger partial charge in [0.05, 0.1) is 5.41 Å². The highest BCUT2D eigenvalue weighted by Gasteiger charge is 2.42. The van der Waals surface area contributed by atoms with Crippen molar-refractivity contribution in [3.63, 3.8) is 0 Å². The lowest BCUT2D eigenvalue weighted by Gasteiger charge is -2.31. The zero-order valence-corrected chi connectivity index (χ0v) is 17.5. The molecule has 0 aliphatic heterocycles. The van der Waals surface area contributed by atoms with Crippen LogP contribution in [0.1, 0.15) is 51.0 Å². The van der Waals surface area contributed by atoms with Gasteiger partial charge in [-0.3, -0.25) is 14.8 Å². The minimum Gasteiger partial charge on any atom is -0.356 e. The lowest BCUT2D eigenvalue weighted by atomic mass is 9.84. The van der Waals surface area contributed by atoms with E-state index in [1.807, 2.05) is 26.4 Å². The average Bonchev–Trinajstić information content (AvgIpc) is 3.14. The molecule has 1 fully saturated rings. The highest BCUT2D eigenvalue weighted by Crippen LogP contribution is 2.38. The summed E-state index contributed by atoms with van der Waals surface area (Å²) >= 11 is 0. The van der Waals surface area contributed by atoms with Crippen LogP contribution in [0.15, 0.2) is 29.5 Å². The molecule has 1 aliphatic rings. The van der Waals surface area contributed by atoms with Crippen LogP contribution in [0.3, 0.4) is 0 Å². The number of aliphatic imine (C=N–C) groups is 1. The number of amides is 1. The lowest BCUT2D eigenvalue weighted by Crippen LogP contribution is -2.49. The molecule has 0 aromatic carbocycles. The Morgan fingerprint density at radius 2 is 2.00 bits per heavy atom. The van der Waals surface area contributed by atoms with Crippen molar-refractivity contribution in [3.05, 3.63) is 30.1 Å². The maximum absolute atomic E-state index is 12.7. The van der Waals surface area contributed by atoms with Gasteiger partial charge < -0.3 is 15.5 Å². The summed E-state index contributed by atoms with van der Waals surface area (Å²) in [6, 6.07) is 4.10. The Balaban J connectivity index is 1.98. The molecular weight excluding hydrogens is 338 g/mol. The van der Waals surface area contributed by atoms with E-state index in [1.54, 1.807) is 18.1 Å². The van der Waals surface area contributed by atoms with Gasteiger partial charge in [-0.25, -0.2) is 0 Å².